The molecule has 0 spiro atoms. The van der Waals surface area contributed by atoms with Gasteiger partial charge in [0.25, 0.3) is 5.91 Å². The van der Waals surface area contributed by atoms with Crippen LogP contribution in [0, 0.1) is 0 Å². The lowest BCUT2D eigenvalue weighted by molar-refractivity contribution is -0.123. The third kappa shape index (κ3) is 6.34. The molecule has 0 unspecified atom stereocenters. The lowest BCUT2D eigenvalue weighted by atomic mass is 9.86. The highest BCUT2D eigenvalue weighted by Gasteiger charge is 2.44. The Morgan fingerprint density at radius 2 is 1.80 bits per heavy atom. The zero-order valence-electron chi connectivity index (χ0n) is 23.4. The molecular formula is C30H35N7O4. The predicted octanol–water partition coefficient (Wildman–Crippen LogP) is 4.62. The number of ether oxygens (including phenoxy) is 2. The Morgan fingerprint density at radius 1 is 1.05 bits per heavy atom. The molecular weight excluding hydrogens is 522 g/mol. The van der Waals surface area contributed by atoms with Crippen molar-refractivity contribution in [3.63, 3.8) is 0 Å². The molecule has 1 fully saturated rings. The number of carbonyl (C=O) groups is 2. The van der Waals surface area contributed by atoms with Crippen molar-refractivity contribution in [2.24, 2.45) is 0 Å². The standard InChI is InChI=1S/C30H35N7O4/c1-29(2,3)41-28(39)36-30(13-16-37(17-14-30)26-21-12-15-32-25(21)33-19-34-26)27(38)35-24-22(31)10-7-11-23(24)40-18-20-8-5-4-6-9-20/h4-12,15,19H,13-14,16-18,31H2,1-3H3,(H,35,38)(H,36,39)(H,32,33,34). The largest absolute Gasteiger partial charge is 0.487 e. The van der Waals surface area contributed by atoms with E-state index < -0.39 is 23.1 Å². The highest BCUT2D eigenvalue weighted by Crippen LogP contribution is 2.35. The van der Waals surface area contributed by atoms with Crippen molar-refractivity contribution < 1.29 is 19.1 Å². The number of amides is 2. The van der Waals surface area contributed by atoms with Gasteiger partial charge in [0.05, 0.1) is 11.1 Å². The highest BCUT2D eigenvalue weighted by molar-refractivity contribution is 6.03. The van der Waals surface area contributed by atoms with Crippen LogP contribution in [0.5, 0.6) is 5.75 Å². The minimum Gasteiger partial charge on any atom is -0.487 e. The van der Waals surface area contributed by atoms with Crippen molar-refractivity contribution in [3.8, 4) is 5.75 Å². The van der Waals surface area contributed by atoms with Gasteiger partial charge >= 0.3 is 6.09 Å². The summed E-state index contributed by atoms with van der Waals surface area (Å²) in [5.74, 6) is 0.800. The third-order valence-corrected chi connectivity index (χ3v) is 6.96. The van der Waals surface area contributed by atoms with E-state index in [9.17, 15) is 9.59 Å². The molecule has 5 N–H and O–H groups in total. The molecule has 0 saturated carbocycles. The lowest BCUT2D eigenvalue weighted by Crippen LogP contribution is -2.62. The second kappa shape index (κ2) is 11.4. The van der Waals surface area contributed by atoms with E-state index >= 15 is 0 Å². The van der Waals surface area contributed by atoms with E-state index in [2.05, 4.69) is 30.5 Å². The first-order valence-corrected chi connectivity index (χ1v) is 13.5. The second-order valence-corrected chi connectivity index (χ2v) is 11.1. The smallest absolute Gasteiger partial charge is 0.408 e. The van der Waals surface area contributed by atoms with Crippen LogP contribution in [0.2, 0.25) is 0 Å². The van der Waals surface area contributed by atoms with Gasteiger partial charge in [-0.25, -0.2) is 14.8 Å². The summed E-state index contributed by atoms with van der Waals surface area (Å²) in [4.78, 5) is 41.0. The van der Waals surface area contributed by atoms with Gasteiger partial charge in [-0.1, -0.05) is 36.4 Å². The van der Waals surface area contributed by atoms with E-state index in [1.165, 1.54) is 6.33 Å². The molecule has 11 nitrogen and oxygen atoms in total. The number of nitrogens with zero attached hydrogens (tertiary/aromatic N) is 3. The molecule has 0 aliphatic carbocycles. The Morgan fingerprint density at radius 3 is 2.54 bits per heavy atom. The van der Waals surface area contributed by atoms with Gasteiger partial charge in [0.15, 0.2) is 0 Å². The van der Waals surface area contributed by atoms with Gasteiger partial charge in [0.2, 0.25) is 0 Å². The number of para-hydroxylation sites is 1. The molecule has 0 bridgehead atoms. The number of nitrogens with one attached hydrogen (secondary N) is 3. The number of anilines is 3. The van der Waals surface area contributed by atoms with Gasteiger partial charge in [0.1, 0.15) is 47.0 Å². The van der Waals surface area contributed by atoms with Crippen LogP contribution in [0.15, 0.2) is 67.1 Å². The normalized spacial score (nSPS) is 14.9. The van der Waals surface area contributed by atoms with Crippen LogP contribution in [-0.2, 0) is 16.1 Å². The maximum absolute atomic E-state index is 14.0. The van der Waals surface area contributed by atoms with Crippen LogP contribution in [0.1, 0.15) is 39.2 Å². The summed E-state index contributed by atoms with van der Waals surface area (Å²) in [6, 6.07) is 16.8. The van der Waals surface area contributed by atoms with E-state index in [4.69, 9.17) is 15.2 Å². The molecule has 0 radical (unpaired) electrons. The Labute approximate surface area is 238 Å². The molecule has 2 aromatic heterocycles. The second-order valence-electron chi connectivity index (χ2n) is 11.1. The Hall–Kier alpha value is -4.80. The fraction of sp³-hybridized carbons (Fsp3) is 0.333. The van der Waals surface area contributed by atoms with Crippen LogP contribution in [0.25, 0.3) is 11.0 Å². The van der Waals surface area contributed by atoms with Crippen molar-refractivity contribution in [3.05, 3.63) is 72.7 Å². The Bertz CT molecular complexity index is 1520. The summed E-state index contributed by atoms with van der Waals surface area (Å²) in [5, 5.41) is 6.75. The number of hydrogen-bond donors (Lipinski definition) is 4. The van der Waals surface area contributed by atoms with E-state index in [1.54, 1.807) is 39.0 Å². The van der Waals surface area contributed by atoms with Gasteiger partial charge in [-0.3, -0.25) is 4.79 Å². The number of alkyl carbamates (subject to hydrolysis) is 1. The molecule has 3 heterocycles. The van der Waals surface area contributed by atoms with E-state index in [0.717, 1.165) is 22.4 Å². The number of nitrogen functional groups attached to an aromatic ring is 1. The fourth-order valence-electron chi connectivity index (χ4n) is 4.89. The first kappa shape index (κ1) is 27.8. The van der Waals surface area contributed by atoms with E-state index in [0.29, 0.717) is 49.7 Å². The summed E-state index contributed by atoms with van der Waals surface area (Å²) in [7, 11) is 0. The van der Waals surface area contributed by atoms with Crippen LogP contribution in [-0.4, -0.2) is 51.2 Å². The van der Waals surface area contributed by atoms with Crippen molar-refractivity contribution >= 4 is 40.2 Å². The number of piperidine rings is 1. The monoisotopic (exact) mass is 557 g/mol. The number of aromatic amines is 1. The zero-order chi connectivity index (χ0) is 29.0. The molecule has 5 rings (SSSR count). The summed E-state index contributed by atoms with van der Waals surface area (Å²) in [5.41, 5.74) is 6.73. The summed E-state index contributed by atoms with van der Waals surface area (Å²) >= 11 is 0. The van der Waals surface area contributed by atoms with Crippen LogP contribution >= 0.6 is 0 Å². The van der Waals surface area contributed by atoms with Crippen molar-refractivity contribution in [1.82, 2.24) is 20.3 Å². The van der Waals surface area contributed by atoms with Crippen LogP contribution in [0.4, 0.5) is 22.0 Å². The highest BCUT2D eigenvalue weighted by atomic mass is 16.6. The number of H-pyrrole nitrogens is 1. The molecule has 214 valence electrons. The number of rotatable bonds is 7. The molecule has 0 atom stereocenters. The minimum atomic E-state index is -1.26. The molecule has 1 aliphatic heterocycles. The number of benzene rings is 2. The van der Waals surface area contributed by atoms with Crippen molar-refractivity contribution in [2.45, 2.75) is 51.4 Å². The zero-order valence-corrected chi connectivity index (χ0v) is 23.4. The SMILES string of the molecule is CC(C)(C)OC(=O)NC1(C(=O)Nc2c(N)cccc2OCc2ccccc2)CCN(c2ncnc3[nH]ccc23)CC1. The fourth-order valence-corrected chi connectivity index (χ4v) is 4.89. The molecule has 4 aromatic rings. The Balaban J connectivity index is 1.38. The maximum atomic E-state index is 14.0. The number of fused-ring (bicyclic) bond motifs is 1. The van der Waals surface area contributed by atoms with E-state index in [1.807, 2.05) is 42.6 Å². The van der Waals surface area contributed by atoms with Gasteiger partial charge in [-0.05, 0) is 57.4 Å². The number of nitrogens with two attached hydrogens (primary N) is 1. The number of carbonyl (C=O) groups excluding carboxylic acids is 2. The van der Waals surface area contributed by atoms with Crippen molar-refractivity contribution in [2.75, 3.05) is 29.0 Å². The molecule has 2 aromatic carbocycles. The minimum absolute atomic E-state index is 0.302. The molecule has 41 heavy (non-hydrogen) atoms. The maximum Gasteiger partial charge on any atom is 0.408 e. The van der Waals surface area contributed by atoms with Crippen molar-refractivity contribution in [1.29, 1.82) is 0 Å². The van der Waals surface area contributed by atoms with Gasteiger partial charge in [-0.2, -0.15) is 0 Å². The molecule has 1 aliphatic rings. The first-order chi connectivity index (χ1) is 19.6. The topological polar surface area (TPSA) is 147 Å². The van der Waals surface area contributed by atoms with Crippen LogP contribution in [0.3, 0.4) is 0 Å². The predicted molar refractivity (Wildman–Crippen MR) is 158 cm³/mol. The lowest BCUT2D eigenvalue weighted by Gasteiger charge is -2.41. The molecule has 2 amide bonds. The average molecular weight is 558 g/mol. The van der Waals surface area contributed by atoms with E-state index in [-0.39, 0.29) is 0 Å². The van der Waals surface area contributed by atoms with Gasteiger partial charge in [-0.15, -0.1) is 0 Å². The quantitative estimate of drug-likeness (QED) is 0.241. The number of aromatic nitrogens is 3. The average Bonchev–Trinajstić information content (AvgIpc) is 3.42. The molecule has 1 saturated heterocycles. The Kier molecular flexibility index (Phi) is 7.69. The first-order valence-electron chi connectivity index (χ1n) is 13.5. The molecule has 11 heteroatoms. The summed E-state index contributed by atoms with van der Waals surface area (Å²) < 4.78 is 11.6. The van der Waals surface area contributed by atoms with Gasteiger partial charge in [0, 0.05) is 19.3 Å². The third-order valence-electron chi connectivity index (χ3n) is 6.96. The summed E-state index contributed by atoms with van der Waals surface area (Å²) in [6.45, 7) is 6.56. The number of hydrogen-bond acceptors (Lipinski definition) is 8. The summed E-state index contributed by atoms with van der Waals surface area (Å²) in [6.07, 6.45) is 3.27. The van der Waals surface area contributed by atoms with Gasteiger partial charge < -0.3 is 35.7 Å². The van der Waals surface area contributed by atoms with Crippen LogP contribution < -0.4 is 26.0 Å².